The Morgan fingerprint density at radius 3 is 2.67 bits per heavy atom. The number of aliphatic hydroxyl groups excluding tert-OH is 1. The zero-order valence-corrected chi connectivity index (χ0v) is 10.6. The minimum Gasteiger partial charge on any atom is -0.387 e. The van der Waals surface area contributed by atoms with Crippen LogP contribution < -0.4 is 5.73 Å². The maximum atomic E-state index is 9.98. The molecular formula is C11H17BrN2O. The highest BCUT2D eigenvalue weighted by molar-refractivity contribution is 9.10. The van der Waals surface area contributed by atoms with Crippen LogP contribution in [0.2, 0.25) is 0 Å². The summed E-state index contributed by atoms with van der Waals surface area (Å²) in [5.74, 6) is 0.481. The van der Waals surface area contributed by atoms with Crippen LogP contribution in [0, 0.1) is 5.92 Å². The second kappa shape index (κ2) is 5.58. The molecule has 0 radical (unpaired) electrons. The molecule has 0 aliphatic rings. The molecule has 3 nitrogen and oxygen atoms in total. The number of aliphatic hydroxyl groups is 1. The number of aromatic nitrogens is 1. The third-order valence-corrected chi connectivity index (χ3v) is 2.65. The van der Waals surface area contributed by atoms with Gasteiger partial charge in [0.05, 0.1) is 6.10 Å². The minimum atomic E-state index is -0.641. The Morgan fingerprint density at radius 1 is 1.47 bits per heavy atom. The third-order valence-electron chi connectivity index (χ3n) is 2.22. The van der Waals surface area contributed by atoms with Gasteiger partial charge in [-0.3, -0.25) is 4.98 Å². The van der Waals surface area contributed by atoms with Crippen molar-refractivity contribution in [1.29, 1.82) is 0 Å². The van der Waals surface area contributed by atoms with Crippen LogP contribution in [0.25, 0.3) is 0 Å². The molecule has 2 atom stereocenters. The van der Waals surface area contributed by atoms with E-state index in [1.54, 1.807) is 12.4 Å². The fourth-order valence-electron chi connectivity index (χ4n) is 1.51. The summed E-state index contributed by atoms with van der Waals surface area (Å²) in [4.78, 5) is 4.00. The first kappa shape index (κ1) is 12.6. The van der Waals surface area contributed by atoms with Crippen LogP contribution in [-0.4, -0.2) is 16.1 Å². The van der Waals surface area contributed by atoms with Gasteiger partial charge < -0.3 is 10.8 Å². The van der Waals surface area contributed by atoms with E-state index in [2.05, 4.69) is 34.8 Å². The van der Waals surface area contributed by atoms with E-state index < -0.39 is 6.10 Å². The van der Waals surface area contributed by atoms with Crippen LogP contribution in [0.5, 0.6) is 0 Å². The van der Waals surface area contributed by atoms with E-state index in [4.69, 9.17) is 5.73 Å². The van der Waals surface area contributed by atoms with E-state index >= 15 is 0 Å². The van der Waals surface area contributed by atoms with Crippen LogP contribution in [0.15, 0.2) is 22.9 Å². The van der Waals surface area contributed by atoms with Gasteiger partial charge in [0.1, 0.15) is 0 Å². The Hall–Kier alpha value is -0.450. The average Bonchev–Trinajstić information content (AvgIpc) is 2.15. The van der Waals surface area contributed by atoms with Gasteiger partial charge in [0.15, 0.2) is 0 Å². The highest BCUT2D eigenvalue weighted by Crippen LogP contribution is 2.21. The Balaban J connectivity index is 2.71. The number of nitrogens with zero attached hydrogens (tertiary/aromatic N) is 1. The molecule has 0 aliphatic heterocycles. The first-order valence-electron chi connectivity index (χ1n) is 5.04. The molecule has 0 fully saturated rings. The summed E-state index contributed by atoms with van der Waals surface area (Å²) in [7, 11) is 0. The summed E-state index contributed by atoms with van der Waals surface area (Å²) >= 11 is 3.32. The highest BCUT2D eigenvalue weighted by Gasteiger charge is 2.18. The third kappa shape index (κ3) is 3.89. The van der Waals surface area contributed by atoms with Gasteiger partial charge in [-0.2, -0.15) is 0 Å². The molecule has 0 aromatic carbocycles. The van der Waals surface area contributed by atoms with Crippen molar-refractivity contribution < 1.29 is 5.11 Å². The largest absolute Gasteiger partial charge is 0.387 e. The van der Waals surface area contributed by atoms with Gasteiger partial charge in [0.2, 0.25) is 0 Å². The van der Waals surface area contributed by atoms with E-state index in [1.807, 2.05) is 6.07 Å². The van der Waals surface area contributed by atoms with Crippen molar-refractivity contribution in [3.8, 4) is 0 Å². The van der Waals surface area contributed by atoms with Crippen LogP contribution >= 0.6 is 15.9 Å². The van der Waals surface area contributed by atoms with Crippen LogP contribution in [-0.2, 0) is 0 Å². The molecule has 0 spiro atoms. The van der Waals surface area contributed by atoms with Crippen molar-refractivity contribution in [2.75, 3.05) is 0 Å². The lowest BCUT2D eigenvalue weighted by Gasteiger charge is -2.20. The summed E-state index contributed by atoms with van der Waals surface area (Å²) in [6.45, 7) is 4.18. The molecular weight excluding hydrogens is 256 g/mol. The number of pyridine rings is 1. The summed E-state index contributed by atoms with van der Waals surface area (Å²) < 4.78 is 0.857. The minimum absolute atomic E-state index is 0.235. The van der Waals surface area contributed by atoms with Crippen molar-refractivity contribution in [2.45, 2.75) is 32.4 Å². The maximum absolute atomic E-state index is 9.98. The molecule has 84 valence electrons. The van der Waals surface area contributed by atoms with E-state index in [0.29, 0.717) is 5.92 Å². The molecule has 4 heteroatoms. The van der Waals surface area contributed by atoms with Crippen molar-refractivity contribution in [3.05, 3.63) is 28.5 Å². The number of halogens is 1. The van der Waals surface area contributed by atoms with Crippen molar-refractivity contribution in [3.63, 3.8) is 0 Å². The molecule has 0 bridgehead atoms. The van der Waals surface area contributed by atoms with Gasteiger partial charge in [0.25, 0.3) is 0 Å². The second-order valence-corrected chi connectivity index (χ2v) is 5.09. The fraction of sp³-hybridized carbons (Fsp3) is 0.545. The molecule has 15 heavy (non-hydrogen) atoms. The van der Waals surface area contributed by atoms with Crippen LogP contribution in [0.1, 0.15) is 31.9 Å². The first-order chi connectivity index (χ1) is 7.00. The standard InChI is InChI=1S/C11H17BrN2O/c1-7(2)3-10(13)11(15)8-4-9(12)6-14-5-8/h4-7,10-11,15H,3,13H2,1-2H3. The molecule has 0 amide bonds. The normalized spacial score (nSPS) is 15.3. The van der Waals surface area contributed by atoms with Gasteiger partial charge in [-0.1, -0.05) is 13.8 Å². The average molecular weight is 273 g/mol. The summed E-state index contributed by atoms with van der Waals surface area (Å²) in [6, 6.07) is 1.61. The molecule has 0 saturated carbocycles. The second-order valence-electron chi connectivity index (χ2n) is 4.17. The smallest absolute Gasteiger partial charge is 0.0956 e. The van der Waals surface area contributed by atoms with E-state index in [9.17, 15) is 5.11 Å². The Bertz CT molecular complexity index is 317. The molecule has 1 rings (SSSR count). The van der Waals surface area contributed by atoms with E-state index in [1.165, 1.54) is 0 Å². The molecule has 0 aliphatic carbocycles. The SMILES string of the molecule is CC(C)CC(N)C(O)c1cncc(Br)c1. The van der Waals surface area contributed by atoms with Crippen LogP contribution in [0.4, 0.5) is 0 Å². The Labute approximate surface area is 98.8 Å². The lowest BCUT2D eigenvalue weighted by atomic mass is 9.96. The molecule has 1 heterocycles. The summed E-state index contributed by atoms with van der Waals surface area (Å²) in [5.41, 5.74) is 6.67. The van der Waals surface area contributed by atoms with E-state index in [-0.39, 0.29) is 6.04 Å². The quantitative estimate of drug-likeness (QED) is 0.884. The lowest BCUT2D eigenvalue weighted by Crippen LogP contribution is -2.29. The lowest BCUT2D eigenvalue weighted by molar-refractivity contribution is 0.135. The molecule has 0 saturated heterocycles. The molecule has 1 aromatic heterocycles. The number of hydrogen-bond donors (Lipinski definition) is 2. The van der Waals surface area contributed by atoms with Gasteiger partial charge in [-0.25, -0.2) is 0 Å². The van der Waals surface area contributed by atoms with Crippen molar-refractivity contribution in [2.24, 2.45) is 11.7 Å². The molecule has 2 unspecified atom stereocenters. The zero-order valence-electron chi connectivity index (χ0n) is 9.02. The van der Waals surface area contributed by atoms with Crippen molar-refractivity contribution >= 4 is 15.9 Å². The number of nitrogens with two attached hydrogens (primary N) is 1. The van der Waals surface area contributed by atoms with E-state index in [0.717, 1.165) is 16.5 Å². The molecule has 3 N–H and O–H groups in total. The summed E-state index contributed by atoms with van der Waals surface area (Å²) in [5, 5.41) is 9.98. The Morgan fingerprint density at radius 2 is 2.13 bits per heavy atom. The zero-order chi connectivity index (χ0) is 11.4. The predicted molar refractivity (Wildman–Crippen MR) is 64.3 cm³/mol. The monoisotopic (exact) mass is 272 g/mol. The van der Waals surface area contributed by atoms with Gasteiger partial charge in [-0.15, -0.1) is 0 Å². The van der Waals surface area contributed by atoms with Gasteiger partial charge >= 0.3 is 0 Å². The first-order valence-corrected chi connectivity index (χ1v) is 5.84. The Kier molecular flexibility index (Phi) is 4.70. The number of rotatable bonds is 4. The van der Waals surface area contributed by atoms with Crippen LogP contribution in [0.3, 0.4) is 0 Å². The number of hydrogen-bond acceptors (Lipinski definition) is 3. The predicted octanol–water partition coefficient (Wildman–Crippen LogP) is 2.25. The van der Waals surface area contributed by atoms with Gasteiger partial charge in [0, 0.05) is 28.5 Å². The van der Waals surface area contributed by atoms with Gasteiger partial charge in [-0.05, 0) is 34.3 Å². The molecule has 1 aromatic rings. The maximum Gasteiger partial charge on any atom is 0.0956 e. The van der Waals surface area contributed by atoms with Crippen molar-refractivity contribution in [1.82, 2.24) is 4.98 Å². The topological polar surface area (TPSA) is 59.1 Å². The summed E-state index contributed by atoms with van der Waals surface area (Å²) in [6.07, 6.45) is 3.49. The highest BCUT2D eigenvalue weighted by atomic mass is 79.9. The fourth-order valence-corrected chi connectivity index (χ4v) is 1.89.